The van der Waals surface area contributed by atoms with Crippen LogP contribution in [0.1, 0.15) is 30.3 Å². The first-order valence-electron chi connectivity index (χ1n) is 6.63. The summed E-state index contributed by atoms with van der Waals surface area (Å²) in [5.74, 6) is 0.523. The van der Waals surface area contributed by atoms with Gasteiger partial charge in [0.2, 0.25) is 0 Å². The Morgan fingerprint density at radius 1 is 1.50 bits per heavy atom. The molecule has 2 heterocycles. The predicted molar refractivity (Wildman–Crippen MR) is 73.6 cm³/mol. The standard InChI is InChI=1S/C14H23N3O/c1-9-4-5-17(14(9)8-18)13-6-10(2)16-11(3)12(13)7-15/h6,9,14,18H,4-5,7-8,15H2,1-3H3. The molecule has 4 heteroatoms. The third kappa shape index (κ3) is 2.22. The zero-order valence-corrected chi connectivity index (χ0v) is 11.5. The van der Waals surface area contributed by atoms with Crippen LogP contribution < -0.4 is 10.6 Å². The van der Waals surface area contributed by atoms with E-state index in [0.29, 0.717) is 12.5 Å². The number of aliphatic hydroxyl groups excluding tert-OH is 1. The maximum atomic E-state index is 9.58. The molecule has 3 N–H and O–H groups in total. The van der Waals surface area contributed by atoms with Crippen molar-refractivity contribution in [2.45, 2.75) is 39.8 Å². The second kappa shape index (κ2) is 5.24. The zero-order valence-electron chi connectivity index (χ0n) is 11.5. The average molecular weight is 249 g/mol. The van der Waals surface area contributed by atoms with E-state index in [1.165, 1.54) is 0 Å². The molecular weight excluding hydrogens is 226 g/mol. The van der Waals surface area contributed by atoms with Gasteiger partial charge in [-0.3, -0.25) is 4.98 Å². The van der Waals surface area contributed by atoms with Crippen molar-refractivity contribution in [3.8, 4) is 0 Å². The number of aromatic nitrogens is 1. The third-order valence-electron chi connectivity index (χ3n) is 4.02. The monoisotopic (exact) mass is 249 g/mol. The van der Waals surface area contributed by atoms with E-state index in [-0.39, 0.29) is 12.6 Å². The molecule has 0 saturated carbocycles. The van der Waals surface area contributed by atoms with Crippen molar-refractivity contribution in [2.24, 2.45) is 11.7 Å². The van der Waals surface area contributed by atoms with Crippen molar-refractivity contribution < 1.29 is 5.11 Å². The van der Waals surface area contributed by atoms with E-state index in [2.05, 4.69) is 22.9 Å². The summed E-state index contributed by atoms with van der Waals surface area (Å²) < 4.78 is 0. The van der Waals surface area contributed by atoms with Crippen LogP contribution in [0, 0.1) is 19.8 Å². The molecule has 2 rings (SSSR count). The first-order valence-corrected chi connectivity index (χ1v) is 6.63. The highest BCUT2D eigenvalue weighted by Crippen LogP contribution is 2.33. The largest absolute Gasteiger partial charge is 0.394 e. The summed E-state index contributed by atoms with van der Waals surface area (Å²) in [4.78, 5) is 6.78. The second-order valence-corrected chi connectivity index (χ2v) is 5.26. The molecule has 1 saturated heterocycles. The maximum Gasteiger partial charge on any atom is 0.0637 e. The van der Waals surface area contributed by atoms with Gasteiger partial charge in [0.15, 0.2) is 0 Å². The first-order chi connectivity index (χ1) is 8.58. The molecule has 1 fully saturated rings. The number of hydrogen-bond acceptors (Lipinski definition) is 4. The molecule has 1 aliphatic rings. The van der Waals surface area contributed by atoms with Crippen molar-refractivity contribution in [3.05, 3.63) is 23.0 Å². The Labute approximate surface area is 109 Å². The zero-order chi connectivity index (χ0) is 13.3. The lowest BCUT2D eigenvalue weighted by Gasteiger charge is -2.30. The fourth-order valence-electron chi connectivity index (χ4n) is 2.93. The SMILES string of the molecule is Cc1cc(N2CCC(C)C2CO)c(CN)c(C)n1. The van der Waals surface area contributed by atoms with Gasteiger partial charge in [-0.05, 0) is 32.3 Å². The van der Waals surface area contributed by atoms with E-state index in [0.717, 1.165) is 35.6 Å². The molecule has 0 amide bonds. The number of aliphatic hydroxyl groups is 1. The van der Waals surface area contributed by atoms with Crippen LogP contribution in [-0.4, -0.2) is 29.3 Å². The first kappa shape index (κ1) is 13.3. The molecule has 1 aromatic rings. The number of pyridine rings is 1. The fraction of sp³-hybridized carbons (Fsp3) is 0.643. The summed E-state index contributed by atoms with van der Waals surface area (Å²) in [7, 11) is 0. The lowest BCUT2D eigenvalue weighted by molar-refractivity contribution is 0.244. The minimum absolute atomic E-state index is 0.200. The molecule has 1 aromatic heterocycles. The van der Waals surface area contributed by atoms with Crippen LogP contribution in [0.2, 0.25) is 0 Å². The molecule has 0 aliphatic carbocycles. The Morgan fingerprint density at radius 3 is 2.83 bits per heavy atom. The molecule has 2 unspecified atom stereocenters. The highest BCUT2D eigenvalue weighted by molar-refractivity contribution is 5.57. The van der Waals surface area contributed by atoms with E-state index in [4.69, 9.17) is 5.73 Å². The van der Waals surface area contributed by atoms with Gasteiger partial charge in [-0.15, -0.1) is 0 Å². The van der Waals surface area contributed by atoms with Gasteiger partial charge in [-0.1, -0.05) is 6.92 Å². The van der Waals surface area contributed by atoms with Crippen LogP contribution in [-0.2, 0) is 6.54 Å². The molecule has 0 radical (unpaired) electrons. The topological polar surface area (TPSA) is 62.4 Å². The number of anilines is 1. The van der Waals surface area contributed by atoms with Gasteiger partial charge in [-0.25, -0.2) is 0 Å². The van der Waals surface area contributed by atoms with E-state index in [1.807, 2.05) is 13.8 Å². The van der Waals surface area contributed by atoms with Crippen LogP contribution in [0.15, 0.2) is 6.07 Å². The molecule has 0 spiro atoms. The summed E-state index contributed by atoms with van der Waals surface area (Å²) in [6.45, 7) is 7.89. The lowest BCUT2D eigenvalue weighted by atomic mass is 10.0. The normalized spacial score (nSPS) is 23.7. The van der Waals surface area contributed by atoms with Crippen LogP contribution >= 0.6 is 0 Å². The fourth-order valence-corrected chi connectivity index (χ4v) is 2.93. The summed E-state index contributed by atoms with van der Waals surface area (Å²) in [5.41, 5.74) is 10.1. The third-order valence-corrected chi connectivity index (χ3v) is 4.02. The van der Waals surface area contributed by atoms with Gasteiger partial charge in [0.1, 0.15) is 0 Å². The molecule has 4 nitrogen and oxygen atoms in total. The van der Waals surface area contributed by atoms with Gasteiger partial charge in [-0.2, -0.15) is 0 Å². The van der Waals surface area contributed by atoms with E-state index >= 15 is 0 Å². The summed E-state index contributed by atoms with van der Waals surface area (Å²) in [6.07, 6.45) is 1.12. The Morgan fingerprint density at radius 2 is 2.22 bits per heavy atom. The van der Waals surface area contributed by atoms with Gasteiger partial charge in [0.25, 0.3) is 0 Å². The van der Waals surface area contributed by atoms with Crippen LogP contribution in [0.4, 0.5) is 5.69 Å². The number of aryl methyl sites for hydroxylation is 2. The second-order valence-electron chi connectivity index (χ2n) is 5.26. The van der Waals surface area contributed by atoms with Crippen molar-refractivity contribution in [1.82, 2.24) is 4.98 Å². The molecule has 0 aromatic carbocycles. The molecule has 2 atom stereocenters. The van der Waals surface area contributed by atoms with Crippen LogP contribution in [0.25, 0.3) is 0 Å². The Bertz CT molecular complexity index is 433. The van der Waals surface area contributed by atoms with E-state index < -0.39 is 0 Å². The van der Waals surface area contributed by atoms with Crippen molar-refractivity contribution in [1.29, 1.82) is 0 Å². The van der Waals surface area contributed by atoms with Crippen LogP contribution in [0.3, 0.4) is 0 Å². The number of rotatable bonds is 3. The Hall–Kier alpha value is -1.13. The lowest BCUT2D eigenvalue weighted by Crippen LogP contribution is -2.36. The Balaban J connectivity index is 2.44. The molecule has 100 valence electrons. The van der Waals surface area contributed by atoms with Gasteiger partial charge < -0.3 is 15.7 Å². The summed E-state index contributed by atoms with van der Waals surface area (Å²) >= 11 is 0. The summed E-state index contributed by atoms with van der Waals surface area (Å²) in [5, 5.41) is 9.58. The van der Waals surface area contributed by atoms with Crippen molar-refractivity contribution in [3.63, 3.8) is 0 Å². The van der Waals surface area contributed by atoms with Gasteiger partial charge >= 0.3 is 0 Å². The van der Waals surface area contributed by atoms with Crippen molar-refractivity contribution in [2.75, 3.05) is 18.1 Å². The quantitative estimate of drug-likeness (QED) is 0.849. The Kier molecular flexibility index (Phi) is 3.88. The average Bonchev–Trinajstić information content (AvgIpc) is 2.69. The smallest absolute Gasteiger partial charge is 0.0637 e. The van der Waals surface area contributed by atoms with E-state index in [9.17, 15) is 5.11 Å². The molecule has 0 bridgehead atoms. The maximum absolute atomic E-state index is 9.58. The molecular formula is C14H23N3O. The number of nitrogens with two attached hydrogens (primary N) is 1. The van der Waals surface area contributed by atoms with Crippen LogP contribution in [0.5, 0.6) is 0 Å². The molecule has 1 aliphatic heterocycles. The van der Waals surface area contributed by atoms with Crippen molar-refractivity contribution >= 4 is 5.69 Å². The highest BCUT2D eigenvalue weighted by atomic mass is 16.3. The number of nitrogens with zero attached hydrogens (tertiary/aromatic N) is 2. The molecule has 18 heavy (non-hydrogen) atoms. The van der Waals surface area contributed by atoms with Gasteiger partial charge in [0.05, 0.1) is 12.6 Å². The predicted octanol–water partition coefficient (Wildman–Crippen LogP) is 1.36. The highest BCUT2D eigenvalue weighted by Gasteiger charge is 2.32. The number of hydrogen-bond donors (Lipinski definition) is 2. The minimum Gasteiger partial charge on any atom is -0.394 e. The van der Waals surface area contributed by atoms with E-state index in [1.54, 1.807) is 0 Å². The summed E-state index contributed by atoms with van der Waals surface area (Å²) in [6, 6.07) is 2.30. The minimum atomic E-state index is 0.200. The van der Waals surface area contributed by atoms with Gasteiger partial charge in [0, 0.05) is 35.7 Å².